The van der Waals surface area contributed by atoms with Crippen LogP contribution in [-0.2, 0) is 4.79 Å². The van der Waals surface area contributed by atoms with Crippen LogP contribution in [0.5, 0.6) is 0 Å². The number of carbonyl (C=O) groups is 1. The lowest BCUT2D eigenvalue weighted by Gasteiger charge is -2.22. The van der Waals surface area contributed by atoms with Crippen LogP contribution < -0.4 is 5.73 Å². The number of nitrogens with two attached hydrogens (primary N) is 1. The molecule has 0 aromatic rings. The highest BCUT2D eigenvalue weighted by Crippen LogP contribution is 2.21. The molecule has 0 heterocycles. The van der Waals surface area contributed by atoms with Crippen molar-refractivity contribution in [3.63, 3.8) is 0 Å². The Morgan fingerprint density at radius 3 is 2.25 bits per heavy atom. The predicted octanol–water partition coefficient (Wildman–Crippen LogP) is 2.12. The molecule has 2 heteroatoms. The average Bonchev–Trinajstić information content (AvgIpc) is 1.82. The first-order chi connectivity index (χ1) is 5.35. The maximum absolute atomic E-state index is 11.0. The summed E-state index contributed by atoms with van der Waals surface area (Å²) >= 11 is 0. The van der Waals surface area contributed by atoms with Gasteiger partial charge in [-0.05, 0) is 11.8 Å². The number of rotatable bonds is 4. The Bertz CT molecular complexity index is 146. The van der Waals surface area contributed by atoms with Crippen molar-refractivity contribution in [2.45, 2.75) is 53.0 Å². The van der Waals surface area contributed by atoms with Crippen LogP contribution in [-0.4, -0.2) is 11.8 Å². The van der Waals surface area contributed by atoms with Crippen LogP contribution in [0, 0.1) is 5.41 Å². The molecule has 0 spiro atoms. The molecule has 0 amide bonds. The van der Waals surface area contributed by atoms with E-state index in [-0.39, 0.29) is 17.2 Å². The van der Waals surface area contributed by atoms with Crippen molar-refractivity contribution in [1.29, 1.82) is 0 Å². The van der Waals surface area contributed by atoms with Gasteiger partial charge >= 0.3 is 0 Å². The van der Waals surface area contributed by atoms with E-state index in [0.29, 0.717) is 12.8 Å². The van der Waals surface area contributed by atoms with Crippen molar-refractivity contribution in [3.8, 4) is 0 Å². The summed E-state index contributed by atoms with van der Waals surface area (Å²) in [6.45, 7) is 8.31. The lowest BCUT2D eigenvalue weighted by atomic mass is 9.86. The van der Waals surface area contributed by atoms with Crippen molar-refractivity contribution < 1.29 is 4.79 Å². The van der Waals surface area contributed by atoms with E-state index in [9.17, 15) is 4.79 Å². The zero-order chi connectivity index (χ0) is 9.78. The van der Waals surface area contributed by atoms with E-state index in [2.05, 4.69) is 20.8 Å². The van der Waals surface area contributed by atoms with E-state index in [1.165, 1.54) is 0 Å². The molecule has 72 valence electrons. The number of hydrogen-bond acceptors (Lipinski definition) is 2. The highest BCUT2D eigenvalue weighted by molar-refractivity contribution is 5.78. The Balaban J connectivity index is 3.74. The summed E-state index contributed by atoms with van der Waals surface area (Å²) in [5, 5.41) is 0. The predicted molar refractivity (Wildman–Crippen MR) is 52.0 cm³/mol. The minimum absolute atomic E-state index is 0.0393. The van der Waals surface area contributed by atoms with Crippen LogP contribution in [0.1, 0.15) is 47.0 Å². The van der Waals surface area contributed by atoms with Crippen LogP contribution in [0.25, 0.3) is 0 Å². The molecule has 0 aliphatic heterocycles. The van der Waals surface area contributed by atoms with Crippen molar-refractivity contribution in [2.24, 2.45) is 11.1 Å². The van der Waals surface area contributed by atoms with E-state index in [0.717, 1.165) is 6.42 Å². The molecule has 0 saturated carbocycles. The molecule has 0 aliphatic rings. The second kappa shape index (κ2) is 4.61. The second-order valence-corrected chi connectivity index (χ2v) is 4.62. The summed E-state index contributed by atoms with van der Waals surface area (Å²) in [4.78, 5) is 11.0. The first-order valence-corrected chi connectivity index (χ1v) is 4.62. The summed E-state index contributed by atoms with van der Waals surface area (Å²) in [6.07, 6.45) is 2.06. The van der Waals surface area contributed by atoms with Gasteiger partial charge in [0.05, 0.1) is 0 Å². The normalized spacial score (nSPS) is 14.4. The maximum atomic E-state index is 11.0. The Kier molecular flexibility index (Phi) is 4.46. The summed E-state index contributed by atoms with van der Waals surface area (Å²) in [5.74, 6) is 0.270. The lowest BCUT2D eigenvalue weighted by Crippen LogP contribution is -2.28. The summed E-state index contributed by atoms with van der Waals surface area (Å²) in [7, 11) is 0. The fraction of sp³-hybridized carbons (Fsp3) is 0.900. The fourth-order valence-electron chi connectivity index (χ4n) is 1.30. The van der Waals surface area contributed by atoms with Gasteiger partial charge in [0, 0.05) is 18.9 Å². The summed E-state index contributed by atoms with van der Waals surface area (Å²) < 4.78 is 0. The summed E-state index contributed by atoms with van der Waals surface area (Å²) in [5.41, 5.74) is 6.05. The Labute approximate surface area is 75.5 Å². The highest BCUT2D eigenvalue weighted by atomic mass is 16.1. The SMILES string of the molecule is CCC(=O)C[C@H](N)CC(C)(C)C. The number of carbonyl (C=O) groups excluding carboxylic acids is 1. The van der Waals surface area contributed by atoms with Gasteiger partial charge in [-0.15, -0.1) is 0 Å². The summed E-state index contributed by atoms with van der Waals surface area (Å²) in [6, 6.07) is 0.0393. The Morgan fingerprint density at radius 1 is 1.42 bits per heavy atom. The first-order valence-electron chi connectivity index (χ1n) is 4.62. The highest BCUT2D eigenvalue weighted by Gasteiger charge is 2.17. The standard InChI is InChI=1S/C10H21NO/c1-5-9(12)6-8(11)7-10(2,3)4/h8H,5-7,11H2,1-4H3/t8-/m0/s1. The van der Waals surface area contributed by atoms with Gasteiger partial charge in [0.2, 0.25) is 0 Å². The third-order valence-electron chi connectivity index (χ3n) is 1.76. The van der Waals surface area contributed by atoms with Gasteiger partial charge in [0.25, 0.3) is 0 Å². The smallest absolute Gasteiger partial charge is 0.134 e. The minimum Gasteiger partial charge on any atom is -0.327 e. The van der Waals surface area contributed by atoms with Crippen molar-refractivity contribution in [2.75, 3.05) is 0 Å². The molecule has 0 saturated heterocycles. The van der Waals surface area contributed by atoms with Gasteiger partial charge in [-0.25, -0.2) is 0 Å². The van der Waals surface area contributed by atoms with E-state index < -0.39 is 0 Å². The van der Waals surface area contributed by atoms with E-state index in [4.69, 9.17) is 5.73 Å². The van der Waals surface area contributed by atoms with Crippen LogP contribution >= 0.6 is 0 Å². The zero-order valence-electron chi connectivity index (χ0n) is 8.68. The molecular formula is C10H21NO. The van der Waals surface area contributed by atoms with E-state index >= 15 is 0 Å². The molecule has 1 atom stereocenters. The van der Waals surface area contributed by atoms with Gasteiger partial charge < -0.3 is 5.73 Å². The molecule has 2 nitrogen and oxygen atoms in total. The lowest BCUT2D eigenvalue weighted by molar-refractivity contribution is -0.119. The topological polar surface area (TPSA) is 43.1 Å². The van der Waals surface area contributed by atoms with Gasteiger partial charge in [-0.3, -0.25) is 4.79 Å². The van der Waals surface area contributed by atoms with Gasteiger partial charge in [0.1, 0.15) is 5.78 Å². The molecule has 0 radical (unpaired) electrons. The van der Waals surface area contributed by atoms with Gasteiger partial charge in [-0.2, -0.15) is 0 Å². The van der Waals surface area contributed by atoms with Crippen LogP contribution in [0.4, 0.5) is 0 Å². The van der Waals surface area contributed by atoms with Crippen LogP contribution in [0.2, 0.25) is 0 Å². The molecule has 0 rings (SSSR count). The average molecular weight is 171 g/mol. The van der Waals surface area contributed by atoms with Crippen molar-refractivity contribution in [1.82, 2.24) is 0 Å². The molecule has 0 bridgehead atoms. The van der Waals surface area contributed by atoms with E-state index in [1.807, 2.05) is 6.92 Å². The molecule has 0 unspecified atom stereocenters. The quantitative estimate of drug-likeness (QED) is 0.704. The number of ketones is 1. The number of hydrogen-bond donors (Lipinski definition) is 1. The number of Topliss-reactive ketones (excluding diaryl/α,β-unsaturated/α-hetero) is 1. The molecule has 0 aromatic heterocycles. The van der Waals surface area contributed by atoms with Crippen LogP contribution in [0.15, 0.2) is 0 Å². The second-order valence-electron chi connectivity index (χ2n) is 4.62. The Hall–Kier alpha value is -0.370. The molecule has 2 N–H and O–H groups in total. The van der Waals surface area contributed by atoms with Crippen molar-refractivity contribution >= 4 is 5.78 Å². The van der Waals surface area contributed by atoms with Gasteiger partial charge in [0.15, 0.2) is 0 Å². The first kappa shape index (κ1) is 11.6. The van der Waals surface area contributed by atoms with Crippen molar-refractivity contribution in [3.05, 3.63) is 0 Å². The minimum atomic E-state index is 0.0393. The van der Waals surface area contributed by atoms with Crippen LogP contribution in [0.3, 0.4) is 0 Å². The zero-order valence-corrected chi connectivity index (χ0v) is 8.68. The molecular weight excluding hydrogens is 150 g/mol. The largest absolute Gasteiger partial charge is 0.327 e. The monoisotopic (exact) mass is 171 g/mol. The third-order valence-corrected chi connectivity index (χ3v) is 1.76. The van der Waals surface area contributed by atoms with E-state index in [1.54, 1.807) is 0 Å². The molecule has 0 aromatic carbocycles. The maximum Gasteiger partial charge on any atom is 0.134 e. The Morgan fingerprint density at radius 2 is 1.92 bits per heavy atom. The molecule has 12 heavy (non-hydrogen) atoms. The molecule has 0 fully saturated rings. The molecule has 0 aliphatic carbocycles. The third kappa shape index (κ3) is 6.35. The van der Waals surface area contributed by atoms with Gasteiger partial charge in [-0.1, -0.05) is 27.7 Å². The fourth-order valence-corrected chi connectivity index (χ4v) is 1.30.